The predicted molar refractivity (Wildman–Crippen MR) is 93.7 cm³/mol. The summed E-state index contributed by atoms with van der Waals surface area (Å²) in [5.74, 6) is 0.901. The quantitative estimate of drug-likeness (QED) is 0.912. The summed E-state index contributed by atoms with van der Waals surface area (Å²) in [6.45, 7) is 0. The third-order valence-corrected chi connectivity index (χ3v) is 5.40. The molecule has 5 heteroatoms. The number of nitrogens with zero attached hydrogens (tertiary/aromatic N) is 2. The zero-order valence-corrected chi connectivity index (χ0v) is 13.8. The molecule has 3 N–H and O–H groups in total. The topological polar surface area (TPSA) is 72.9 Å². The van der Waals surface area contributed by atoms with Crippen LogP contribution in [0.2, 0.25) is 0 Å². The van der Waals surface area contributed by atoms with Crippen molar-refractivity contribution in [2.45, 2.75) is 50.6 Å². The van der Waals surface area contributed by atoms with Crippen LogP contribution in [-0.4, -0.2) is 21.7 Å². The third-order valence-electron chi connectivity index (χ3n) is 5.40. The highest BCUT2D eigenvalue weighted by Gasteiger charge is 2.29. The average molecular weight is 324 g/mol. The minimum Gasteiger partial charge on any atom is -0.328 e. The first kappa shape index (κ1) is 15.4. The summed E-state index contributed by atoms with van der Waals surface area (Å²) in [5.41, 5.74) is 8.66. The molecule has 4 rings (SSSR count). The molecule has 2 aliphatic carbocycles. The largest absolute Gasteiger partial charge is 0.328 e. The van der Waals surface area contributed by atoms with Gasteiger partial charge in [-0.1, -0.05) is 24.3 Å². The van der Waals surface area contributed by atoms with Crippen molar-refractivity contribution < 1.29 is 4.79 Å². The van der Waals surface area contributed by atoms with Crippen LogP contribution in [0.1, 0.15) is 49.3 Å². The molecule has 0 bridgehead atoms. The molecule has 126 valence electrons. The van der Waals surface area contributed by atoms with E-state index in [1.165, 1.54) is 11.1 Å². The Kier molecular flexibility index (Phi) is 4.10. The van der Waals surface area contributed by atoms with Crippen molar-refractivity contribution in [1.29, 1.82) is 0 Å². The molecule has 1 aromatic carbocycles. The SMILES string of the molecule is NC1CCC(C(=O)Nc2ccnn2C2CCCc3ccccc32)C1. The summed E-state index contributed by atoms with van der Waals surface area (Å²) in [4.78, 5) is 12.5. The van der Waals surface area contributed by atoms with E-state index >= 15 is 0 Å². The van der Waals surface area contributed by atoms with E-state index in [0.717, 1.165) is 44.3 Å². The highest BCUT2D eigenvalue weighted by atomic mass is 16.2. The summed E-state index contributed by atoms with van der Waals surface area (Å²) in [5, 5.41) is 7.60. The van der Waals surface area contributed by atoms with Crippen molar-refractivity contribution in [2.24, 2.45) is 11.7 Å². The number of benzene rings is 1. The maximum absolute atomic E-state index is 12.5. The Morgan fingerprint density at radius 1 is 1.21 bits per heavy atom. The molecule has 24 heavy (non-hydrogen) atoms. The average Bonchev–Trinajstić information content (AvgIpc) is 3.23. The first-order valence-electron chi connectivity index (χ1n) is 8.90. The Hall–Kier alpha value is -2.14. The van der Waals surface area contributed by atoms with Gasteiger partial charge < -0.3 is 11.1 Å². The second kappa shape index (κ2) is 6.40. The first-order valence-corrected chi connectivity index (χ1v) is 8.90. The van der Waals surface area contributed by atoms with E-state index in [2.05, 4.69) is 34.7 Å². The molecule has 1 fully saturated rings. The van der Waals surface area contributed by atoms with Crippen molar-refractivity contribution in [3.63, 3.8) is 0 Å². The van der Waals surface area contributed by atoms with Gasteiger partial charge in [-0.3, -0.25) is 4.79 Å². The summed E-state index contributed by atoms with van der Waals surface area (Å²) in [6, 6.07) is 10.8. The highest BCUT2D eigenvalue weighted by Crippen LogP contribution is 2.34. The lowest BCUT2D eigenvalue weighted by atomic mass is 9.88. The van der Waals surface area contributed by atoms with E-state index in [4.69, 9.17) is 5.73 Å². The van der Waals surface area contributed by atoms with E-state index in [1.54, 1.807) is 6.20 Å². The zero-order valence-electron chi connectivity index (χ0n) is 13.8. The second-order valence-corrected chi connectivity index (χ2v) is 7.03. The lowest BCUT2D eigenvalue weighted by Gasteiger charge is -2.27. The molecule has 1 heterocycles. The smallest absolute Gasteiger partial charge is 0.228 e. The van der Waals surface area contributed by atoms with Gasteiger partial charge in [0.15, 0.2) is 0 Å². The Labute approximate surface area is 142 Å². The number of nitrogens with two attached hydrogens (primary N) is 1. The Morgan fingerprint density at radius 3 is 2.92 bits per heavy atom. The van der Waals surface area contributed by atoms with Gasteiger partial charge in [0.1, 0.15) is 5.82 Å². The number of aryl methyl sites for hydroxylation is 1. The molecule has 1 amide bonds. The summed E-state index contributed by atoms with van der Waals surface area (Å²) in [7, 11) is 0. The Balaban J connectivity index is 1.56. The normalized spacial score (nSPS) is 26.1. The summed E-state index contributed by atoms with van der Waals surface area (Å²) >= 11 is 0. The molecular weight excluding hydrogens is 300 g/mol. The van der Waals surface area contributed by atoms with E-state index in [1.807, 2.05) is 10.7 Å². The van der Waals surface area contributed by atoms with Crippen LogP contribution >= 0.6 is 0 Å². The van der Waals surface area contributed by atoms with Crippen LogP contribution in [-0.2, 0) is 11.2 Å². The van der Waals surface area contributed by atoms with E-state index in [9.17, 15) is 4.79 Å². The molecule has 0 spiro atoms. The van der Waals surface area contributed by atoms with Gasteiger partial charge in [0, 0.05) is 18.0 Å². The number of carbonyl (C=O) groups is 1. The minimum absolute atomic E-state index is 0.0296. The lowest BCUT2D eigenvalue weighted by molar-refractivity contribution is -0.119. The fourth-order valence-corrected chi connectivity index (χ4v) is 4.13. The number of anilines is 1. The molecule has 0 radical (unpaired) electrons. The number of aromatic nitrogens is 2. The first-order chi connectivity index (χ1) is 11.7. The number of amides is 1. The molecule has 5 nitrogen and oxygen atoms in total. The molecule has 1 aromatic heterocycles. The molecule has 2 aliphatic rings. The van der Waals surface area contributed by atoms with Crippen molar-refractivity contribution in [3.8, 4) is 0 Å². The zero-order chi connectivity index (χ0) is 16.5. The van der Waals surface area contributed by atoms with Gasteiger partial charge in [0.25, 0.3) is 0 Å². The fraction of sp³-hybridized carbons (Fsp3) is 0.474. The van der Waals surface area contributed by atoms with Crippen LogP contribution in [0.3, 0.4) is 0 Å². The molecule has 0 saturated heterocycles. The van der Waals surface area contributed by atoms with Gasteiger partial charge in [0.05, 0.1) is 12.2 Å². The lowest BCUT2D eigenvalue weighted by Crippen LogP contribution is -2.26. The van der Waals surface area contributed by atoms with Gasteiger partial charge in [-0.15, -0.1) is 0 Å². The number of carbonyl (C=O) groups excluding carboxylic acids is 1. The number of fused-ring (bicyclic) bond motifs is 1. The molecular formula is C19H24N4O. The van der Waals surface area contributed by atoms with E-state index in [-0.39, 0.29) is 23.9 Å². The monoisotopic (exact) mass is 324 g/mol. The standard InChI is InChI=1S/C19H24N4O/c20-15-9-8-14(12-15)19(24)22-18-10-11-21-23(18)17-7-3-5-13-4-1-2-6-16(13)17/h1-2,4,6,10-11,14-15,17H,3,5,7-9,12,20H2,(H,22,24). The third kappa shape index (κ3) is 2.84. The van der Waals surface area contributed by atoms with Crippen molar-refractivity contribution >= 4 is 11.7 Å². The maximum Gasteiger partial charge on any atom is 0.228 e. The number of rotatable bonds is 3. The van der Waals surface area contributed by atoms with Crippen molar-refractivity contribution in [1.82, 2.24) is 9.78 Å². The second-order valence-electron chi connectivity index (χ2n) is 7.03. The highest BCUT2D eigenvalue weighted by molar-refractivity contribution is 5.92. The van der Waals surface area contributed by atoms with Crippen LogP contribution in [0, 0.1) is 5.92 Å². The molecule has 1 saturated carbocycles. The summed E-state index contributed by atoms with van der Waals surface area (Å²) in [6.07, 6.45) is 7.69. The molecule has 2 aromatic rings. The van der Waals surface area contributed by atoms with Crippen LogP contribution in [0.15, 0.2) is 36.5 Å². The predicted octanol–water partition coefficient (Wildman–Crippen LogP) is 2.87. The van der Waals surface area contributed by atoms with Crippen LogP contribution in [0.4, 0.5) is 5.82 Å². The summed E-state index contributed by atoms with van der Waals surface area (Å²) < 4.78 is 1.98. The van der Waals surface area contributed by atoms with Crippen LogP contribution < -0.4 is 11.1 Å². The Bertz CT molecular complexity index is 738. The molecule has 3 unspecified atom stereocenters. The molecule has 0 aliphatic heterocycles. The minimum atomic E-state index is 0.0296. The van der Waals surface area contributed by atoms with Crippen molar-refractivity contribution in [2.75, 3.05) is 5.32 Å². The van der Waals surface area contributed by atoms with Crippen molar-refractivity contribution in [3.05, 3.63) is 47.7 Å². The van der Waals surface area contributed by atoms with Gasteiger partial charge >= 0.3 is 0 Å². The van der Waals surface area contributed by atoms with E-state index < -0.39 is 0 Å². The number of hydrogen-bond donors (Lipinski definition) is 2. The van der Waals surface area contributed by atoms with Gasteiger partial charge in [-0.25, -0.2) is 4.68 Å². The fourth-order valence-electron chi connectivity index (χ4n) is 4.13. The van der Waals surface area contributed by atoms with Gasteiger partial charge in [0.2, 0.25) is 5.91 Å². The van der Waals surface area contributed by atoms with Crippen LogP contribution in [0.25, 0.3) is 0 Å². The Morgan fingerprint density at radius 2 is 2.08 bits per heavy atom. The van der Waals surface area contributed by atoms with Gasteiger partial charge in [-0.05, 0) is 49.7 Å². The van der Waals surface area contributed by atoms with E-state index in [0.29, 0.717) is 0 Å². The number of nitrogens with one attached hydrogen (secondary N) is 1. The maximum atomic E-state index is 12.5. The molecule has 3 atom stereocenters. The number of hydrogen-bond acceptors (Lipinski definition) is 3. The van der Waals surface area contributed by atoms with Gasteiger partial charge in [-0.2, -0.15) is 5.10 Å². The van der Waals surface area contributed by atoms with Crippen LogP contribution in [0.5, 0.6) is 0 Å².